The highest BCUT2D eigenvalue weighted by atomic mass is 32.2. The molecule has 0 atom stereocenters. The van der Waals surface area contributed by atoms with Gasteiger partial charge < -0.3 is 4.98 Å². The first-order chi connectivity index (χ1) is 13.6. The summed E-state index contributed by atoms with van der Waals surface area (Å²) < 4.78 is 0. The molecule has 144 valence electrons. The Morgan fingerprint density at radius 1 is 1.14 bits per heavy atom. The van der Waals surface area contributed by atoms with Crippen molar-refractivity contribution in [3.8, 4) is 0 Å². The van der Waals surface area contributed by atoms with Crippen molar-refractivity contribution in [3.05, 3.63) is 56.7 Å². The van der Waals surface area contributed by atoms with Gasteiger partial charge in [0.05, 0.1) is 11.1 Å². The zero-order chi connectivity index (χ0) is 19.5. The molecule has 2 amide bonds. The van der Waals surface area contributed by atoms with Crippen LogP contribution in [0, 0.1) is 0 Å². The summed E-state index contributed by atoms with van der Waals surface area (Å²) in [6.07, 6.45) is 4.18. The maximum Gasteiger partial charge on any atom is 0.269 e. The molecule has 0 saturated heterocycles. The van der Waals surface area contributed by atoms with E-state index in [-0.39, 0.29) is 17.2 Å². The number of nitrogens with zero attached hydrogens (tertiary/aromatic N) is 1. The Labute approximate surface area is 168 Å². The molecule has 9 heteroatoms. The number of fused-ring (bicyclic) bond motifs is 3. The molecule has 1 aliphatic rings. The number of hydrogen-bond donors (Lipinski definition) is 3. The average Bonchev–Trinajstić information content (AvgIpc) is 3.10. The van der Waals surface area contributed by atoms with E-state index in [1.54, 1.807) is 41.7 Å². The quantitative estimate of drug-likeness (QED) is 0.346. The van der Waals surface area contributed by atoms with Crippen LogP contribution in [-0.2, 0) is 17.6 Å². The summed E-state index contributed by atoms with van der Waals surface area (Å²) in [7, 11) is 0. The van der Waals surface area contributed by atoms with Gasteiger partial charge in [-0.05, 0) is 43.4 Å². The maximum absolute atomic E-state index is 12.5. The third-order valence-electron chi connectivity index (χ3n) is 4.49. The van der Waals surface area contributed by atoms with Gasteiger partial charge in [-0.1, -0.05) is 30.0 Å². The maximum atomic E-state index is 12.5. The summed E-state index contributed by atoms with van der Waals surface area (Å²) in [4.78, 5) is 45.7. The Morgan fingerprint density at radius 3 is 2.75 bits per heavy atom. The van der Waals surface area contributed by atoms with Crippen molar-refractivity contribution in [2.24, 2.45) is 0 Å². The number of benzene rings is 1. The normalized spacial score (nSPS) is 13.1. The van der Waals surface area contributed by atoms with Crippen molar-refractivity contribution < 1.29 is 9.59 Å². The molecular weight excluding hydrogens is 396 g/mol. The molecule has 0 spiro atoms. The number of rotatable bonds is 4. The molecule has 0 radical (unpaired) electrons. The molecule has 3 N–H and O–H groups in total. The number of aryl methyl sites for hydroxylation is 2. The summed E-state index contributed by atoms with van der Waals surface area (Å²) in [6, 6.07) is 8.60. The van der Waals surface area contributed by atoms with Crippen LogP contribution in [0.3, 0.4) is 0 Å². The van der Waals surface area contributed by atoms with E-state index in [0.29, 0.717) is 16.1 Å². The summed E-state index contributed by atoms with van der Waals surface area (Å²) in [5.74, 6) is -0.757. The Bertz CT molecular complexity index is 1090. The van der Waals surface area contributed by atoms with Gasteiger partial charge in [0.25, 0.3) is 11.5 Å². The van der Waals surface area contributed by atoms with Crippen molar-refractivity contribution >= 4 is 45.1 Å². The Hall–Kier alpha value is -2.65. The number of amides is 2. The number of carbonyl (C=O) groups excluding carboxylic acids is 2. The van der Waals surface area contributed by atoms with Crippen LogP contribution in [0.4, 0.5) is 0 Å². The third-order valence-corrected chi connectivity index (χ3v) is 6.55. The van der Waals surface area contributed by atoms with Crippen LogP contribution in [0.2, 0.25) is 0 Å². The first-order valence-corrected chi connectivity index (χ1v) is 10.7. The van der Waals surface area contributed by atoms with Gasteiger partial charge in [-0.25, -0.2) is 4.98 Å². The summed E-state index contributed by atoms with van der Waals surface area (Å²) in [5.41, 5.74) is 6.17. The largest absolute Gasteiger partial charge is 0.301 e. The van der Waals surface area contributed by atoms with E-state index in [1.165, 1.54) is 4.88 Å². The lowest BCUT2D eigenvalue weighted by Gasteiger charge is -2.09. The Kier molecular flexibility index (Phi) is 5.45. The predicted molar refractivity (Wildman–Crippen MR) is 110 cm³/mol. The Morgan fingerprint density at radius 2 is 1.93 bits per heavy atom. The molecule has 3 aromatic rings. The minimum Gasteiger partial charge on any atom is -0.301 e. The fraction of sp³-hybridized carbons (Fsp3) is 0.263. The Balaban J connectivity index is 1.38. The second-order valence-electron chi connectivity index (χ2n) is 6.42. The summed E-state index contributed by atoms with van der Waals surface area (Å²) >= 11 is 2.70. The number of carbonyl (C=O) groups is 2. The number of nitrogens with one attached hydrogen (secondary N) is 3. The molecule has 2 heterocycles. The third kappa shape index (κ3) is 3.95. The summed E-state index contributed by atoms with van der Waals surface area (Å²) in [6.45, 7) is 0. The lowest BCUT2D eigenvalue weighted by atomic mass is 9.97. The van der Waals surface area contributed by atoms with E-state index >= 15 is 0 Å². The van der Waals surface area contributed by atoms with Crippen LogP contribution < -0.4 is 16.4 Å². The van der Waals surface area contributed by atoms with Gasteiger partial charge in [-0.3, -0.25) is 25.2 Å². The standard InChI is InChI=1S/C19H18N4O3S2/c24-14(22-23-16(25)11-6-2-1-3-7-11)10-27-19-20-17(26)15-12-8-4-5-9-13(12)28-18(15)21-19/h1-3,6-7H,4-5,8-10H2,(H,22,24)(H,23,25)(H,20,21,26). The van der Waals surface area contributed by atoms with Crippen LogP contribution in [-0.4, -0.2) is 27.5 Å². The van der Waals surface area contributed by atoms with Gasteiger partial charge in [0.1, 0.15) is 4.83 Å². The molecule has 0 fully saturated rings. The van der Waals surface area contributed by atoms with Crippen LogP contribution in [0.5, 0.6) is 0 Å². The summed E-state index contributed by atoms with van der Waals surface area (Å²) in [5, 5.41) is 1.10. The average molecular weight is 415 g/mol. The van der Waals surface area contributed by atoms with Crippen LogP contribution in [0.15, 0.2) is 40.3 Å². The molecule has 0 unspecified atom stereocenters. The molecule has 4 rings (SSSR count). The minimum absolute atomic E-state index is 0.0224. The number of hydrogen-bond acceptors (Lipinski definition) is 6. The number of thiophene rings is 1. The number of H-pyrrole nitrogens is 1. The fourth-order valence-electron chi connectivity index (χ4n) is 3.17. The number of aromatic amines is 1. The lowest BCUT2D eigenvalue weighted by molar-refractivity contribution is -0.119. The zero-order valence-electron chi connectivity index (χ0n) is 14.9. The topological polar surface area (TPSA) is 104 Å². The highest BCUT2D eigenvalue weighted by Crippen LogP contribution is 2.34. The number of aromatic nitrogens is 2. The number of hydrazine groups is 1. The molecule has 1 aromatic carbocycles. The van der Waals surface area contributed by atoms with Gasteiger partial charge in [0.2, 0.25) is 5.91 Å². The molecule has 0 saturated carbocycles. The van der Waals surface area contributed by atoms with Crippen molar-refractivity contribution in [1.29, 1.82) is 0 Å². The monoisotopic (exact) mass is 414 g/mol. The van der Waals surface area contributed by atoms with Gasteiger partial charge >= 0.3 is 0 Å². The second kappa shape index (κ2) is 8.15. The first-order valence-electron chi connectivity index (χ1n) is 8.93. The van der Waals surface area contributed by atoms with E-state index < -0.39 is 5.91 Å². The van der Waals surface area contributed by atoms with Gasteiger partial charge in [-0.15, -0.1) is 11.3 Å². The van der Waals surface area contributed by atoms with Crippen LogP contribution >= 0.6 is 23.1 Å². The number of thioether (sulfide) groups is 1. The smallest absolute Gasteiger partial charge is 0.269 e. The molecule has 1 aliphatic carbocycles. The van der Waals surface area contributed by atoms with E-state index in [1.807, 2.05) is 0 Å². The van der Waals surface area contributed by atoms with E-state index in [4.69, 9.17) is 0 Å². The molecule has 0 bridgehead atoms. The molecule has 0 aliphatic heterocycles. The molecule has 7 nitrogen and oxygen atoms in total. The van der Waals surface area contributed by atoms with E-state index in [9.17, 15) is 14.4 Å². The highest BCUT2D eigenvalue weighted by Gasteiger charge is 2.20. The first kappa shape index (κ1) is 18.7. The van der Waals surface area contributed by atoms with E-state index in [0.717, 1.165) is 47.8 Å². The fourth-order valence-corrected chi connectivity index (χ4v) is 5.15. The van der Waals surface area contributed by atoms with Gasteiger partial charge in [0, 0.05) is 10.4 Å². The lowest BCUT2D eigenvalue weighted by Crippen LogP contribution is -2.42. The molecule has 2 aromatic heterocycles. The molecular formula is C19H18N4O3S2. The highest BCUT2D eigenvalue weighted by molar-refractivity contribution is 7.99. The van der Waals surface area contributed by atoms with Crippen molar-refractivity contribution in [2.75, 3.05) is 5.75 Å². The second-order valence-corrected chi connectivity index (χ2v) is 8.47. The van der Waals surface area contributed by atoms with Crippen LogP contribution in [0.25, 0.3) is 10.2 Å². The van der Waals surface area contributed by atoms with Crippen molar-refractivity contribution in [3.63, 3.8) is 0 Å². The van der Waals surface area contributed by atoms with Crippen molar-refractivity contribution in [2.45, 2.75) is 30.8 Å². The van der Waals surface area contributed by atoms with Crippen LogP contribution in [0.1, 0.15) is 33.6 Å². The van der Waals surface area contributed by atoms with Gasteiger partial charge in [0.15, 0.2) is 5.16 Å². The van der Waals surface area contributed by atoms with E-state index in [2.05, 4.69) is 20.8 Å². The van der Waals surface area contributed by atoms with Crippen molar-refractivity contribution in [1.82, 2.24) is 20.8 Å². The van der Waals surface area contributed by atoms with Gasteiger partial charge in [-0.2, -0.15) is 0 Å². The SMILES string of the molecule is O=C(CSc1nc2sc3c(c2c(=O)[nH]1)CCCC3)NNC(=O)c1ccccc1. The molecule has 28 heavy (non-hydrogen) atoms. The predicted octanol–water partition coefficient (Wildman–Crippen LogP) is 2.42. The zero-order valence-corrected chi connectivity index (χ0v) is 16.5. The minimum atomic E-state index is -0.393.